The highest BCUT2D eigenvalue weighted by Crippen LogP contribution is 2.45. The summed E-state index contributed by atoms with van der Waals surface area (Å²) in [6.07, 6.45) is 1.00. The van der Waals surface area contributed by atoms with Gasteiger partial charge in [-0.2, -0.15) is 0 Å². The van der Waals surface area contributed by atoms with Crippen LogP contribution in [-0.2, 0) is 6.42 Å². The summed E-state index contributed by atoms with van der Waals surface area (Å²) in [7, 11) is 0. The van der Waals surface area contributed by atoms with E-state index in [4.69, 9.17) is 4.99 Å². The number of halogens is 1. The highest BCUT2D eigenvalue weighted by molar-refractivity contribution is 6.19. The van der Waals surface area contributed by atoms with Crippen molar-refractivity contribution in [3.05, 3.63) is 89.2 Å². The zero-order valence-corrected chi connectivity index (χ0v) is 13.0. The third-order valence-corrected chi connectivity index (χ3v) is 4.78. The molecule has 0 amide bonds. The molecule has 3 aromatic rings. The molecule has 2 aliphatic heterocycles. The summed E-state index contributed by atoms with van der Waals surface area (Å²) in [6.45, 7) is 0.934. The molecule has 0 bridgehead atoms. The average molecular weight is 314 g/mol. The maximum absolute atomic E-state index is 14.5. The van der Waals surface area contributed by atoms with Crippen molar-refractivity contribution in [3.8, 4) is 0 Å². The van der Waals surface area contributed by atoms with Crippen LogP contribution >= 0.6 is 0 Å². The van der Waals surface area contributed by atoms with Gasteiger partial charge in [0.2, 0.25) is 0 Å². The zero-order valence-electron chi connectivity index (χ0n) is 13.0. The van der Waals surface area contributed by atoms with E-state index >= 15 is 0 Å². The largest absolute Gasteiger partial charge is 0.339 e. The minimum Gasteiger partial charge on any atom is -0.339 e. The van der Waals surface area contributed by atoms with Gasteiger partial charge in [-0.25, -0.2) is 9.38 Å². The summed E-state index contributed by atoms with van der Waals surface area (Å²) in [5, 5.41) is 0. The Balaban J connectivity index is 1.88. The van der Waals surface area contributed by atoms with Crippen LogP contribution in [0.3, 0.4) is 0 Å². The van der Waals surface area contributed by atoms with Crippen LogP contribution in [0.1, 0.15) is 16.7 Å². The molecule has 0 N–H and O–H groups in total. The van der Waals surface area contributed by atoms with E-state index < -0.39 is 0 Å². The molecule has 2 heterocycles. The van der Waals surface area contributed by atoms with Crippen molar-refractivity contribution in [1.29, 1.82) is 0 Å². The van der Waals surface area contributed by atoms with Crippen LogP contribution in [-0.4, -0.2) is 12.3 Å². The van der Waals surface area contributed by atoms with Crippen molar-refractivity contribution >= 4 is 22.8 Å². The highest BCUT2D eigenvalue weighted by Gasteiger charge is 2.30. The monoisotopic (exact) mass is 314 g/mol. The van der Waals surface area contributed by atoms with Crippen LogP contribution in [0.2, 0.25) is 0 Å². The fourth-order valence-corrected chi connectivity index (χ4v) is 3.71. The van der Waals surface area contributed by atoms with Gasteiger partial charge >= 0.3 is 0 Å². The molecule has 116 valence electrons. The van der Waals surface area contributed by atoms with Gasteiger partial charge in [0, 0.05) is 17.7 Å². The lowest BCUT2D eigenvalue weighted by Crippen LogP contribution is -2.15. The van der Waals surface area contributed by atoms with E-state index in [1.807, 2.05) is 36.4 Å². The fraction of sp³-hybridized carbons (Fsp3) is 0.0952. The summed E-state index contributed by atoms with van der Waals surface area (Å²) < 4.78 is 14.5. The predicted molar refractivity (Wildman–Crippen MR) is 95.3 cm³/mol. The highest BCUT2D eigenvalue weighted by atomic mass is 19.1. The van der Waals surface area contributed by atoms with Gasteiger partial charge in [0.15, 0.2) is 0 Å². The summed E-state index contributed by atoms with van der Waals surface area (Å²) >= 11 is 0. The van der Waals surface area contributed by atoms with Crippen LogP contribution in [0.5, 0.6) is 0 Å². The Bertz CT molecular complexity index is 991. The molecule has 0 radical (unpaired) electrons. The first-order chi connectivity index (χ1) is 11.8. The van der Waals surface area contributed by atoms with Gasteiger partial charge in [0.25, 0.3) is 0 Å². The number of hydrogen-bond acceptors (Lipinski definition) is 2. The fourth-order valence-electron chi connectivity index (χ4n) is 3.71. The Morgan fingerprint density at radius 1 is 0.833 bits per heavy atom. The molecular formula is C21H15FN2. The number of hydrogen-bond donors (Lipinski definition) is 0. The van der Waals surface area contributed by atoms with E-state index in [1.54, 1.807) is 12.1 Å². The zero-order chi connectivity index (χ0) is 16.1. The van der Waals surface area contributed by atoms with Gasteiger partial charge in [-0.1, -0.05) is 42.5 Å². The van der Waals surface area contributed by atoms with E-state index in [0.29, 0.717) is 11.3 Å². The van der Waals surface area contributed by atoms with Crippen LogP contribution in [0, 0.1) is 5.82 Å². The third kappa shape index (κ3) is 1.84. The predicted octanol–water partition coefficient (Wildman–Crippen LogP) is 5.00. The van der Waals surface area contributed by atoms with Gasteiger partial charge in [-0.15, -0.1) is 0 Å². The second kappa shape index (κ2) is 5.03. The second-order valence-electron chi connectivity index (χ2n) is 6.14. The lowest BCUT2D eigenvalue weighted by atomic mass is 9.98. The van der Waals surface area contributed by atoms with E-state index in [9.17, 15) is 4.39 Å². The quantitative estimate of drug-likeness (QED) is 0.617. The van der Waals surface area contributed by atoms with Crippen LogP contribution in [0.15, 0.2) is 71.7 Å². The molecule has 3 aromatic carbocycles. The Labute approximate surface area is 139 Å². The topological polar surface area (TPSA) is 15.6 Å². The van der Waals surface area contributed by atoms with Crippen molar-refractivity contribution < 1.29 is 4.39 Å². The average Bonchev–Trinajstić information content (AvgIpc) is 2.99. The Morgan fingerprint density at radius 3 is 2.54 bits per heavy atom. The Kier molecular flexibility index (Phi) is 2.83. The lowest BCUT2D eigenvalue weighted by Gasteiger charge is -2.21. The minimum absolute atomic E-state index is 0.238. The number of para-hydroxylation sites is 3. The number of benzene rings is 3. The third-order valence-electron chi connectivity index (χ3n) is 4.78. The molecule has 5 rings (SSSR count). The first-order valence-corrected chi connectivity index (χ1v) is 8.15. The molecule has 24 heavy (non-hydrogen) atoms. The molecule has 0 fully saturated rings. The Hall–Kier alpha value is -2.94. The van der Waals surface area contributed by atoms with E-state index in [-0.39, 0.29) is 5.82 Å². The number of aliphatic imine (C=N–C) groups is 1. The van der Waals surface area contributed by atoms with Gasteiger partial charge in [-0.05, 0) is 36.2 Å². The number of nitrogens with zero attached hydrogens (tertiary/aromatic N) is 2. The SMILES string of the molecule is Fc1ccccc1C1=Nc2ccccc2N2CCc3cccc1c32. The Morgan fingerprint density at radius 2 is 1.62 bits per heavy atom. The molecule has 0 saturated carbocycles. The number of anilines is 2. The van der Waals surface area contributed by atoms with Crippen molar-refractivity contribution in [1.82, 2.24) is 0 Å². The van der Waals surface area contributed by atoms with E-state index in [0.717, 1.165) is 29.9 Å². The molecular weight excluding hydrogens is 299 g/mol. The molecule has 0 atom stereocenters. The van der Waals surface area contributed by atoms with Gasteiger partial charge in [0.1, 0.15) is 5.82 Å². The summed E-state index contributed by atoms with van der Waals surface area (Å²) in [5.41, 5.74) is 6.72. The van der Waals surface area contributed by atoms with E-state index in [1.165, 1.54) is 17.3 Å². The smallest absolute Gasteiger partial charge is 0.132 e. The first-order valence-electron chi connectivity index (χ1n) is 8.15. The summed E-state index contributed by atoms with van der Waals surface area (Å²) in [6, 6.07) is 21.2. The van der Waals surface area contributed by atoms with Crippen LogP contribution < -0.4 is 4.90 Å². The standard InChI is InChI=1S/C21H15FN2/c22-17-9-2-1-7-15(17)20-16-8-5-6-14-12-13-24(21(14)16)19-11-4-3-10-18(19)23-20/h1-11H,12-13H2. The van der Waals surface area contributed by atoms with Crippen molar-refractivity contribution in [2.24, 2.45) is 4.99 Å². The van der Waals surface area contributed by atoms with Crippen molar-refractivity contribution in [2.75, 3.05) is 11.4 Å². The minimum atomic E-state index is -0.238. The molecule has 0 spiro atoms. The van der Waals surface area contributed by atoms with Crippen molar-refractivity contribution in [2.45, 2.75) is 6.42 Å². The normalized spacial score (nSPS) is 14.7. The second-order valence-corrected chi connectivity index (χ2v) is 6.14. The van der Waals surface area contributed by atoms with Gasteiger partial charge in [-0.3, -0.25) is 0 Å². The molecule has 0 saturated heterocycles. The number of rotatable bonds is 1. The first kappa shape index (κ1) is 13.5. The van der Waals surface area contributed by atoms with Crippen LogP contribution in [0.25, 0.3) is 0 Å². The van der Waals surface area contributed by atoms with Crippen LogP contribution in [0.4, 0.5) is 21.5 Å². The maximum Gasteiger partial charge on any atom is 0.132 e. The van der Waals surface area contributed by atoms with Crippen molar-refractivity contribution in [3.63, 3.8) is 0 Å². The molecule has 0 aromatic heterocycles. The molecule has 3 heteroatoms. The molecule has 2 nitrogen and oxygen atoms in total. The number of fused-ring (bicyclic) bond motifs is 2. The van der Waals surface area contributed by atoms with Gasteiger partial charge < -0.3 is 4.90 Å². The lowest BCUT2D eigenvalue weighted by molar-refractivity contribution is 0.625. The molecule has 2 aliphatic rings. The maximum atomic E-state index is 14.5. The summed E-state index contributed by atoms with van der Waals surface area (Å²) in [5.74, 6) is -0.238. The summed E-state index contributed by atoms with van der Waals surface area (Å²) in [4.78, 5) is 7.19. The van der Waals surface area contributed by atoms with E-state index in [2.05, 4.69) is 17.0 Å². The van der Waals surface area contributed by atoms with Gasteiger partial charge in [0.05, 0.1) is 22.8 Å². The molecule has 0 aliphatic carbocycles. The molecule has 0 unspecified atom stereocenters.